The summed E-state index contributed by atoms with van der Waals surface area (Å²) in [4.78, 5) is 15.2. The first-order valence-electron chi connectivity index (χ1n) is 12.3. The Bertz CT molecular complexity index is 1110. The maximum absolute atomic E-state index is 13.6. The van der Waals surface area contributed by atoms with E-state index in [1.807, 2.05) is 0 Å². The number of nitrogens with zero attached hydrogens (tertiary/aromatic N) is 2. The third kappa shape index (κ3) is 6.88. The van der Waals surface area contributed by atoms with Gasteiger partial charge in [0.15, 0.2) is 11.5 Å². The molecule has 0 spiro atoms. The van der Waals surface area contributed by atoms with Gasteiger partial charge in [0.25, 0.3) is 10.0 Å². The number of anilines is 1. The molecule has 2 aromatic rings. The van der Waals surface area contributed by atoms with E-state index in [0.29, 0.717) is 18.3 Å². The molecule has 0 radical (unpaired) electrons. The number of hydrogen-bond acceptors (Lipinski definition) is 6. The summed E-state index contributed by atoms with van der Waals surface area (Å²) in [5.41, 5.74) is 0.181. The van der Waals surface area contributed by atoms with Gasteiger partial charge in [-0.3, -0.25) is 9.10 Å². The number of amides is 1. The lowest BCUT2D eigenvalue weighted by molar-refractivity contribution is -0.119. The van der Waals surface area contributed by atoms with Crippen molar-refractivity contribution in [3.8, 4) is 11.5 Å². The van der Waals surface area contributed by atoms with Crippen molar-refractivity contribution in [2.75, 3.05) is 44.7 Å². The number of hydrogen-bond donors (Lipinski definition) is 1. The highest BCUT2D eigenvalue weighted by atomic mass is 32.2. The lowest BCUT2D eigenvalue weighted by Gasteiger charge is -2.35. The van der Waals surface area contributed by atoms with Crippen molar-refractivity contribution < 1.29 is 27.1 Å². The predicted molar refractivity (Wildman–Crippen MR) is 138 cm³/mol. The quantitative estimate of drug-likeness (QED) is 0.428. The second-order valence-electron chi connectivity index (χ2n) is 8.80. The van der Waals surface area contributed by atoms with Gasteiger partial charge in [-0.05, 0) is 68.6 Å². The first kappa shape index (κ1) is 27.7. The summed E-state index contributed by atoms with van der Waals surface area (Å²) < 4.78 is 52.1. The van der Waals surface area contributed by atoms with Crippen LogP contribution in [0.25, 0.3) is 0 Å². The van der Waals surface area contributed by atoms with E-state index < -0.39 is 28.3 Å². The Morgan fingerprint density at radius 1 is 1.11 bits per heavy atom. The van der Waals surface area contributed by atoms with Crippen LogP contribution in [0.2, 0.25) is 0 Å². The number of likely N-dealkylation sites (tertiary alicyclic amines) is 1. The zero-order valence-electron chi connectivity index (χ0n) is 21.2. The molecule has 8 nitrogen and oxygen atoms in total. The van der Waals surface area contributed by atoms with Crippen LogP contribution in [0.15, 0.2) is 47.4 Å². The van der Waals surface area contributed by atoms with Crippen LogP contribution < -0.4 is 19.1 Å². The molecule has 1 heterocycles. The zero-order valence-corrected chi connectivity index (χ0v) is 22.0. The molecular formula is C26H36FN3O5S. The molecule has 10 heteroatoms. The minimum Gasteiger partial charge on any atom is -0.493 e. The van der Waals surface area contributed by atoms with E-state index in [4.69, 9.17) is 9.47 Å². The van der Waals surface area contributed by atoms with Gasteiger partial charge >= 0.3 is 0 Å². The summed E-state index contributed by atoms with van der Waals surface area (Å²) in [5, 5.41) is 2.84. The molecule has 1 N–H and O–H groups in total. The average molecular weight is 522 g/mol. The molecule has 0 aromatic heterocycles. The number of piperidine rings is 1. The summed E-state index contributed by atoms with van der Waals surface area (Å²) in [6.07, 6.45) is 5.57. The molecule has 2 aromatic carbocycles. The van der Waals surface area contributed by atoms with E-state index in [1.165, 1.54) is 63.8 Å². The minimum absolute atomic E-state index is 0.0759. The number of sulfonamides is 1. The van der Waals surface area contributed by atoms with Gasteiger partial charge in [0.2, 0.25) is 5.91 Å². The molecule has 3 rings (SSSR count). The fourth-order valence-electron chi connectivity index (χ4n) is 4.54. The van der Waals surface area contributed by atoms with E-state index in [1.54, 1.807) is 0 Å². The lowest BCUT2D eigenvalue weighted by Crippen LogP contribution is -2.43. The van der Waals surface area contributed by atoms with Gasteiger partial charge in [0.05, 0.1) is 24.8 Å². The van der Waals surface area contributed by atoms with Crippen LogP contribution in [0.5, 0.6) is 11.5 Å². The lowest BCUT2D eigenvalue weighted by atomic mass is 10.00. The van der Waals surface area contributed by atoms with Crippen LogP contribution in [0.3, 0.4) is 0 Å². The maximum atomic E-state index is 13.6. The molecule has 1 aliphatic heterocycles. The summed E-state index contributed by atoms with van der Waals surface area (Å²) in [6, 6.07) is 9.79. The highest BCUT2D eigenvalue weighted by Crippen LogP contribution is 2.32. The Morgan fingerprint density at radius 3 is 2.50 bits per heavy atom. The number of nitrogens with one attached hydrogen (secondary N) is 1. The fourth-order valence-corrected chi connectivity index (χ4v) is 5.98. The standard InChI is InChI=1S/C26H36FN3O5S/c1-4-21-8-5-6-16-29(21)17-7-15-28-26(31)19-30(22-11-9-20(27)10-12-22)36(32,33)23-13-14-24(34-2)25(18-23)35-3/h9-14,18,21H,4-8,15-17,19H2,1-3H3,(H,28,31). The summed E-state index contributed by atoms with van der Waals surface area (Å²) in [5.74, 6) is -0.324. The van der Waals surface area contributed by atoms with Gasteiger partial charge in [-0.2, -0.15) is 0 Å². The molecule has 0 saturated carbocycles. The Morgan fingerprint density at radius 2 is 1.83 bits per heavy atom. The highest BCUT2D eigenvalue weighted by molar-refractivity contribution is 7.92. The largest absolute Gasteiger partial charge is 0.493 e. The molecule has 1 aliphatic rings. The third-order valence-electron chi connectivity index (χ3n) is 6.51. The van der Waals surface area contributed by atoms with Crippen molar-refractivity contribution in [2.24, 2.45) is 0 Å². The van der Waals surface area contributed by atoms with Gasteiger partial charge in [0.1, 0.15) is 12.4 Å². The normalized spacial score (nSPS) is 16.4. The van der Waals surface area contributed by atoms with Gasteiger partial charge < -0.3 is 19.7 Å². The smallest absolute Gasteiger partial charge is 0.264 e. The van der Waals surface area contributed by atoms with E-state index >= 15 is 0 Å². The molecule has 1 amide bonds. The summed E-state index contributed by atoms with van der Waals surface area (Å²) >= 11 is 0. The van der Waals surface area contributed by atoms with Crippen molar-refractivity contribution in [1.82, 2.24) is 10.2 Å². The van der Waals surface area contributed by atoms with Crippen molar-refractivity contribution in [2.45, 2.75) is 50.0 Å². The molecule has 198 valence electrons. The second kappa shape index (κ2) is 12.9. The van der Waals surface area contributed by atoms with Crippen LogP contribution in [0, 0.1) is 5.82 Å². The van der Waals surface area contributed by atoms with E-state index in [0.717, 1.165) is 42.4 Å². The van der Waals surface area contributed by atoms with Crippen molar-refractivity contribution in [3.05, 3.63) is 48.3 Å². The highest BCUT2D eigenvalue weighted by Gasteiger charge is 2.28. The molecular weight excluding hydrogens is 485 g/mol. The van der Waals surface area contributed by atoms with Crippen molar-refractivity contribution >= 4 is 21.6 Å². The van der Waals surface area contributed by atoms with E-state index in [-0.39, 0.29) is 16.3 Å². The van der Waals surface area contributed by atoms with Crippen LogP contribution in [0.4, 0.5) is 10.1 Å². The fraction of sp³-hybridized carbons (Fsp3) is 0.500. The number of carbonyl (C=O) groups excluding carboxylic acids is 1. The number of methoxy groups -OCH3 is 2. The molecule has 1 fully saturated rings. The molecule has 0 bridgehead atoms. The Labute approximate surface area is 213 Å². The Kier molecular flexibility index (Phi) is 9.95. The Balaban J connectivity index is 1.72. The predicted octanol–water partition coefficient (Wildman–Crippen LogP) is 3.81. The number of ether oxygens (including phenoxy) is 2. The minimum atomic E-state index is -4.17. The third-order valence-corrected chi connectivity index (χ3v) is 8.28. The average Bonchev–Trinajstić information content (AvgIpc) is 2.90. The van der Waals surface area contributed by atoms with Crippen LogP contribution in [0.1, 0.15) is 39.0 Å². The van der Waals surface area contributed by atoms with Gasteiger partial charge in [-0.25, -0.2) is 12.8 Å². The maximum Gasteiger partial charge on any atom is 0.264 e. The monoisotopic (exact) mass is 521 g/mol. The SMILES string of the molecule is CCC1CCCCN1CCCNC(=O)CN(c1ccc(F)cc1)S(=O)(=O)c1ccc(OC)c(OC)c1. The molecule has 1 unspecified atom stereocenters. The summed E-state index contributed by atoms with van der Waals surface area (Å²) in [6.45, 7) is 4.18. The van der Waals surface area contributed by atoms with E-state index in [2.05, 4.69) is 17.1 Å². The molecule has 1 saturated heterocycles. The zero-order chi connectivity index (χ0) is 26.1. The molecule has 36 heavy (non-hydrogen) atoms. The van der Waals surface area contributed by atoms with E-state index in [9.17, 15) is 17.6 Å². The number of halogens is 1. The number of carbonyl (C=O) groups is 1. The van der Waals surface area contributed by atoms with Gasteiger partial charge in [0, 0.05) is 25.2 Å². The van der Waals surface area contributed by atoms with Crippen LogP contribution >= 0.6 is 0 Å². The molecule has 1 atom stereocenters. The number of rotatable bonds is 12. The second-order valence-corrected chi connectivity index (χ2v) is 10.7. The topological polar surface area (TPSA) is 88.2 Å². The van der Waals surface area contributed by atoms with Crippen LogP contribution in [-0.4, -0.2) is 65.7 Å². The van der Waals surface area contributed by atoms with Gasteiger partial charge in [-0.1, -0.05) is 13.3 Å². The summed E-state index contributed by atoms with van der Waals surface area (Å²) in [7, 11) is -1.31. The van der Waals surface area contributed by atoms with Crippen LogP contribution in [-0.2, 0) is 14.8 Å². The molecule has 0 aliphatic carbocycles. The number of benzene rings is 2. The first-order valence-corrected chi connectivity index (χ1v) is 13.7. The van der Waals surface area contributed by atoms with Crippen molar-refractivity contribution in [3.63, 3.8) is 0 Å². The van der Waals surface area contributed by atoms with Crippen molar-refractivity contribution in [1.29, 1.82) is 0 Å². The first-order chi connectivity index (χ1) is 17.3. The van der Waals surface area contributed by atoms with Gasteiger partial charge in [-0.15, -0.1) is 0 Å². The Hall–Kier alpha value is -2.85.